The number of hydrogen-bond acceptors (Lipinski definition) is 6. The lowest BCUT2D eigenvalue weighted by molar-refractivity contribution is -0.121. The summed E-state index contributed by atoms with van der Waals surface area (Å²) in [6.45, 7) is 3.16. The highest BCUT2D eigenvalue weighted by Gasteiger charge is 2.25. The molecule has 1 amide bonds. The molecule has 1 N–H and O–H groups in total. The molecule has 0 bridgehead atoms. The van der Waals surface area contributed by atoms with Crippen molar-refractivity contribution in [2.24, 2.45) is 0 Å². The Morgan fingerprint density at radius 3 is 2.84 bits per heavy atom. The highest BCUT2D eigenvalue weighted by atomic mass is 32.1. The van der Waals surface area contributed by atoms with Gasteiger partial charge in [0.05, 0.1) is 17.8 Å². The third kappa shape index (κ3) is 4.33. The van der Waals surface area contributed by atoms with E-state index in [-0.39, 0.29) is 23.9 Å². The van der Waals surface area contributed by atoms with E-state index in [0.717, 1.165) is 42.6 Å². The largest absolute Gasteiger partial charge is 0.354 e. The van der Waals surface area contributed by atoms with Crippen LogP contribution in [-0.4, -0.2) is 40.0 Å². The zero-order chi connectivity index (χ0) is 21.2. The first kappa shape index (κ1) is 20.8. The number of aryl methyl sites for hydroxylation is 3. The van der Waals surface area contributed by atoms with Crippen LogP contribution in [0.4, 0.5) is 0 Å². The van der Waals surface area contributed by atoms with Gasteiger partial charge in [0, 0.05) is 29.3 Å². The molecule has 0 aromatic carbocycles. The Kier molecular flexibility index (Phi) is 6.20. The first-order chi connectivity index (χ1) is 15.2. The molecule has 1 aliphatic heterocycles. The fourth-order valence-corrected chi connectivity index (χ4v) is 6.89. The van der Waals surface area contributed by atoms with Gasteiger partial charge in [-0.3, -0.25) is 19.1 Å². The second kappa shape index (κ2) is 9.22. The number of hydrogen-bond donors (Lipinski definition) is 1. The van der Waals surface area contributed by atoms with Crippen molar-refractivity contribution in [3.63, 3.8) is 0 Å². The molecule has 5 rings (SSSR count). The number of aromatic nitrogens is 2. The molecule has 164 valence electrons. The van der Waals surface area contributed by atoms with Crippen LogP contribution >= 0.6 is 22.7 Å². The SMILES string of the molecule is O=C(CCn1cnc2sc3c(c2c1=O)CCCC3)NCC(c1cccs1)N1CCCC1. The quantitative estimate of drug-likeness (QED) is 0.588. The molecule has 6 nitrogen and oxygen atoms in total. The Morgan fingerprint density at radius 1 is 1.19 bits per heavy atom. The average Bonchev–Trinajstić information content (AvgIpc) is 3.54. The Hall–Kier alpha value is -2.03. The summed E-state index contributed by atoms with van der Waals surface area (Å²) in [4.78, 5) is 36.1. The molecule has 0 saturated carbocycles. The number of fused-ring (bicyclic) bond motifs is 3. The Labute approximate surface area is 189 Å². The standard InChI is InChI=1S/C23H28N4O2S2/c28-20(24-14-17(19-8-5-13-30-19)26-10-3-4-11-26)9-12-27-15-25-22-21(23(27)29)16-6-1-2-7-18(16)31-22/h5,8,13,15,17H,1-4,6-7,9-12,14H2,(H,24,28). The maximum atomic E-state index is 13.1. The molecule has 0 radical (unpaired) electrons. The fraction of sp³-hybridized carbons (Fsp3) is 0.522. The van der Waals surface area contributed by atoms with Crippen LogP contribution in [-0.2, 0) is 24.2 Å². The van der Waals surface area contributed by atoms with E-state index in [4.69, 9.17) is 0 Å². The lowest BCUT2D eigenvalue weighted by Gasteiger charge is -2.27. The summed E-state index contributed by atoms with van der Waals surface area (Å²) >= 11 is 3.41. The van der Waals surface area contributed by atoms with Gasteiger partial charge < -0.3 is 5.32 Å². The number of likely N-dealkylation sites (tertiary alicyclic amines) is 1. The predicted octanol–water partition coefficient (Wildman–Crippen LogP) is 3.74. The highest BCUT2D eigenvalue weighted by molar-refractivity contribution is 7.18. The minimum atomic E-state index is -0.0138. The zero-order valence-electron chi connectivity index (χ0n) is 17.6. The highest BCUT2D eigenvalue weighted by Crippen LogP contribution is 2.33. The van der Waals surface area contributed by atoms with Crippen LogP contribution in [0, 0.1) is 0 Å². The molecule has 1 saturated heterocycles. The van der Waals surface area contributed by atoms with E-state index in [9.17, 15) is 9.59 Å². The number of carbonyl (C=O) groups excluding carboxylic acids is 1. The van der Waals surface area contributed by atoms with Crippen molar-refractivity contribution in [2.75, 3.05) is 19.6 Å². The maximum absolute atomic E-state index is 13.1. The number of rotatable bonds is 7. The summed E-state index contributed by atoms with van der Waals surface area (Å²) < 4.78 is 1.61. The van der Waals surface area contributed by atoms with Gasteiger partial charge in [0.25, 0.3) is 5.56 Å². The number of thiophene rings is 2. The Morgan fingerprint density at radius 2 is 2.03 bits per heavy atom. The summed E-state index contributed by atoms with van der Waals surface area (Å²) in [6, 6.07) is 4.47. The topological polar surface area (TPSA) is 67.2 Å². The predicted molar refractivity (Wildman–Crippen MR) is 126 cm³/mol. The smallest absolute Gasteiger partial charge is 0.262 e. The fourth-order valence-electron chi connectivity index (χ4n) is 4.81. The van der Waals surface area contributed by atoms with Crippen molar-refractivity contribution in [1.82, 2.24) is 19.8 Å². The summed E-state index contributed by atoms with van der Waals surface area (Å²) in [5.41, 5.74) is 1.21. The monoisotopic (exact) mass is 456 g/mol. The molecule has 4 heterocycles. The molecule has 0 spiro atoms. The minimum Gasteiger partial charge on any atom is -0.354 e. The van der Waals surface area contributed by atoms with Gasteiger partial charge in [0.1, 0.15) is 4.83 Å². The van der Waals surface area contributed by atoms with E-state index < -0.39 is 0 Å². The van der Waals surface area contributed by atoms with Crippen molar-refractivity contribution in [2.45, 2.75) is 57.5 Å². The minimum absolute atomic E-state index is 0.00530. The van der Waals surface area contributed by atoms with E-state index in [1.54, 1.807) is 33.6 Å². The van der Waals surface area contributed by atoms with Crippen molar-refractivity contribution in [1.29, 1.82) is 0 Å². The van der Waals surface area contributed by atoms with E-state index in [0.29, 0.717) is 13.1 Å². The molecule has 3 aromatic rings. The Balaban J connectivity index is 1.23. The molecule has 31 heavy (non-hydrogen) atoms. The van der Waals surface area contributed by atoms with Gasteiger partial charge >= 0.3 is 0 Å². The van der Waals surface area contributed by atoms with E-state index >= 15 is 0 Å². The van der Waals surface area contributed by atoms with Crippen LogP contribution in [0.3, 0.4) is 0 Å². The lowest BCUT2D eigenvalue weighted by Crippen LogP contribution is -2.37. The molecular weight excluding hydrogens is 428 g/mol. The zero-order valence-corrected chi connectivity index (χ0v) is 19.3. The normalized spacial score (nSPS) is 17.7. The van der Waals surface area contributed by atoms with Crippen LogP contribution in [0.25, 0.3) is 10.2 Å². The molecule has 1 fully saturated rings. The molecular formula is C23H28N4O2S2. The number of nitrogens with one attached hydrogen (secondary N) is 1. The van der Waals surface area contributed by atoms with Crippen molar-refractivity contribution in [3.05, 3.63) is 49.5 Å². The summed E-state index contributed by atoms with van der Waals surface area (Å²) in [7, 11) is 0. The van der Waals surface area contributed by atoms with Crippen LogP contribution in [0.15, 0.2) is 28.6 Å². The molecule has 2 aliphatic rings. The third-order valence-corrected chi connectivity index (χ3v) is 8.64. The van der Waals surface area contributed by atoms with Crippen molar-refractivity contribution < 1.29 is 4.79 Å². The molecule has 1 aliphatic carbocycles. The molecule has 1 atom stereocenters. The van der Waals surface area contributed by atoms with Crippen LogP contribution in [0.5, 0.6) is 0 Å². The third-order valence-electron chi connectivity index (χ3n) is 6.47. The van der Waals surface area contributed by atoms with Gasteiger partial charge in [-0.15, -0.1) is 22.7 Å². The number of nitrogens with zero attached hydrogens (tertiary/aromatic N) is 3. The number of carbonyl (C=O) groups is 1. The van der Waals surface area contributed by atoms with Crippen LogP contribution in [0.1, 0.15) is 53.5 Å². The average molecular weight is 457 g/mol. The van der Waals surface area contributed by atoms with E-state index in [1.165, 1.54) is 34.6 Å². The van der Waals surface area contributed by atoms with Crippen LogP contribution in [0.2, 0.25) is 0 Å². The van der Waals surface area contributed by atoms with Crippen molar-refractivity contribution >= 4 is 38.8 Å². The van der Waals surface area contributed by atoms with Gasteiger partial charge in [-0.1, -0.05) is 6.07 Å². The molecule has 8 heteroatoms. The first-order valence-electron chi connectivity index (χ1n) is 11.2. The molecule has 3 aromatic heterocycles. The van der Waals surface area contributed by atoms with Gasteiger partial charge in [0.2, 0.25) is 5.91 Å². The van der Waals surface area contributed by atoms with Gasteiger partial charge in [-0.05, 0) is 68.6 Å². The second-order valence-corrected chi connectivity index (χ2v) is 10.5. The maximum Gasteiger partial charge on any atom is 0.262 e. The van der Waals surface area contributed by atoms with Crippen LogP contribution < -0.4 is 10.9 Å². The Bertz CT molecular complexity index is 1110. The number of amides is 1. The summed E-state index contributed by atoms with van der Waals surface area (Å²) in [5.74, 6) is -0.0138. The lowest BCUT2D eigenvalue weighted by atomic mass is 9.97. The van der Waals surface area contributed by atoms with E-state index in [2.05, 4.69) is 32.7 Å². The molecule has 1 unspecified atom stereocenters. The first-order valence-corrected chi connectivity index (χ1v) is 12.9. The van der Waals surface area contributed by atoms with Gasteiger partial charge in [-0.2, -0.15) is 0 Å². The summed E-state index contributed by atoms with van der Waals surface area (Å²) in [6.07, 6.45) is 8.70. The van der Waals surface area contributed by atoms with E-state index in [1.807, 2.05) is 0 Å². The van der Waals surface area contributed by atoms with Gasteiger partial charge in [0.15, 0.2) is 0 Å². The summed E-state index contributed by atoms with van der Waals surface area (Å²) in [5, 5.41) is 5.99. The van der Waals surface area contributed by atoms with Crippen molar-refractivity contribution in [3.8, 4) is 0 Å². The van der Waals surface area contributed by atoms with Gasteiger partial charge in [-0.25, -0.2) is 4.98 Å². The second-order valence-electron chi connectivity index (χ2n) is 8.46.